The van der Waals surface area contributed by atoms with Gasteiger partial charge < -0.3 is 14.4 Å². The molecular formula is C23H19N5O4. The Hall–Kier alpha value is -4.53. The summed E-state index contributed by atoms with van der Waals surface area (Å²) in [5, 5.41) is 12.1. The van der Waals surface area contributed by atoms with Gasteiger partial charge in [0.15, 0.2) is 0 Å². The molecule has 0 radical (unpaired) electrons. The average molecular weight is 429 g/mol. The SMILES string of the molecule is COc1ccc(Oc2ncnc(N(Cc3ccccc3)c3ccccn3)c2[N+](=O)[O-])cc1. The third-order valence-corrected chi connectivity index (χ3v) is 4.59. The van der Waals surface area contributed by atoms with E-state index in [1.807, 2.05) is 36.4 Å². The Morgan fingerprint density at radius 2 is 1.62 bits per heavy atom. The molecule has 0 bridgehead atoms. The van der Waals surface area contributed by atoms with Crippen LogP contribution in [0.25, 0.3) is 0 Å². The van der Waals surface area contributed by atoms with E-state index in [2.05, 4.69) is 15.0 Å². The quantitative estimate of drug-likeness (QED) is 0.287. The molecule has 0 amide bonds. The van der Waals surface area contributed by atoms with Gasteiger partial charge in [-0.2, -0.15) is 4.98 Å². The minimum absolute atomic E-state index is 0.0797. The molecule has 9 heteroatoms. The van der Waals surface area contributed by atoms with Crippen LogP contribution in [-0.4, -0.2) is 27.0 Å². The van der Waals surface area contributed by atoms with E-state index < -0.39 is 4.92 Å². The molecule has 9 nitrogen and oxygen atoms in total. The van der Waals surface area contributed by atoms with Crippen molar-refractivity contribution in [3.8, 4) is 17.4 Å². The highest BCUT2D eigenvalue weighted by atomic mass is 16.6. The number of nitrogens with zero attached hydrogens (tertiary/aromatic N) is 5. The summed E-state index contributed by atoms with van der Waals surface area (Å²) >= 11 is 0. The third-order valence-electron chi connectivity index (χ3n) is 4.59. The maximum absolute atomic E-state index is 12.1. The largest absolute Gasteiger partial charge is 0.497 e. The van der Waals surface area contributed by atoms with Crippen molar-refractivity contribution in [3.63, 3.8) is 0 Å². The van der Waals surface area contributed by atoms with Crippen molar-refractivity contribution in [2.24, 2.45) is 0 Å². The maximum atomic E-state index is 12.1. The molecule has 4 aromatic rings. The van der Waals surface area contributed by atoms with E-state index in [9.17, 15) is 10.1 Å². The third kappa shape index (κ3) is 4.62. The summed E-state index contributed by atoms with van der Waals surface area (Å²) in [7, 11) is 1.55. The number of ether oxygens (including phenoxy) is 2. The highest BCUT2D eigenvalue weighted by Gasteiger charge is 2.30. The van der Waals surface area contributed by atoms with E-state index in [1.165, 1.54) is 6.33 Å². The Balaban J connectivity index is 1.78. The molecule has 0 N–H and O–H groups in total. The first kappa shape index (κ1) is 20.7. The van der Waals surface area contributed by atoms with Gasteiger partial charge in [0.2, 0.25) is 5.82 Å². The summed E-state index contributed by atoms with van der Waals surface area (Å²) in [6.45, 7) is 0.317. The zero-order chi connectivity index (χ0) is 22.3. The van der Waals surface area contributed by atoms with Crippen molar-refractivity contribution in [1.82, 2.24) is 15.0 Å². The van der Waals surface area contributed by atoms with E-state index in [4.69, 9.17) is 9.47 Å². The van der Waals surface area contributed by atoms with Crippen molar-refractivity contribution < 1.29 is 14.4 Å². The van der Waals surface area contributed by atoms with Crippen LogP contribution in [-0.2, 0) is 6.54 Å². The molecule has 0 unspecified atom stereocenters. The van der Waals surface area contributed by atoms with E-state index in [0.29, 0.717) is 23.9 Å². The number of rotatable bonds is 8. The van der Waals surface area contributed by atoms with Crippen molar-refractivity contribution in [2.45, 2.75) is 6.54 Å². The van der Waals surface area contributed by atoms with Crippen LogP contribution >= 0.6 is 0 Å². The van der Waals surface area contributed by atoms with E-state index in [0.717, 1.165) is 5.56 Å². The molecule has 0 saturated heterocycles. The van der Waals surface area contributed by atoms with Crippen LogP contribution in [0.3, 0.4) is 0 Å². The van der Waals surface area contributed by atoms with Crippen LogP contribution in [0.2, 0.25) is 0 Å². The number of hydrogen-bond donors (Lipinski definition) is 0. The summed E-state index contributed by atoms with van der Waals surface area (Å²) in [4.78, 5) is 25.9. The first-order chi connectivity index (χ1) is 15.7. The molecule has 2 aromatic carbocycles. The molecule has 2 aromatic heterocycles. The average Bonchev–Trinajstić information content (AvgIpc) is 2.84. The lowest BCUT2D eigenvalue weighted by Gasteiger charge is -2.22. The van der Waals surface area contributed by atoms with Crippen LogP contribution in [0.15, 0.2) is 85.3 Å². The maximum Gasteiger partial charge on any atom is 0.373 e. The number of methoxy groups -OCH3 is 1. The highest BCUT2D eigenvalue weighted by molar-refractivity contribution is 5.69. The molecular weight excluding hydrogens is 410 g/mol. The lowest BCUT2D eigenvalue weighted by Crippen LogP contribution is -2.20. The molecule has 0 aliphatic heterocycles. The zero-order valence-electron chi connectivity index (χ0n) is 17.2. The molecule has 0 aliphatic rings. The van der Waals surface area contributed by atoms with Gasteiger partial charge in [-0.15, -0.1) is 0 Å². The van der Waals surface area contributed by atoms with Gasteiger partial charge in [-0.3, -0.25) is 10.1 Å². The molecule has 0 atom stereocenters. The topological polar surface area (TPSA) is 104 Å². The van der Waals surface area contributed by atoms with Gasteiger partial charge >= 0.3 is 11.6 Å². The number of aromatic nitrogens is 3. The standard InChI is InChI=1S/C23H19N5O4/c1-31-18-10-12-19(13-11-18)32-23-21(28(29)30)22(25-16-26-23)27(20-9-5-6-14-24-20)15-17-7-3-2-4-8-17/h2-14,16H,15H2,1H3. The summed E-state index contributed by atoms with van der Waals surface area (Å²) in [6, 6.07) is 21.6. The number of nitro groups is 1. The summed E-state index contributed by atoms with van der Waals surface area (Å²) in [6.07, 6.45) is 2.86. The fraction of sp³-hybridized carbons (Fsp3) is 0.0870. The summed E-state index contributed by atoms with van der Waals surface area (Å²) in [5.41, 5.74) is 0.577. The van der Waals surface area contributed by atoms with Crippen LogP contribution in [0, 0.1) is 10.1 Å². The predicted molar refractivity (Wildman–Crippen MR) is 118 cm³/mol. The van der Waals surface area contributed by atoms with Gasteiger partial charge in [-0.05, 0) is 42.0 Å². The lowest BCUT2D eigenvalue weighted by molar-refractivity contribution is -0.385. The Morgan fingerprint density at radius 1 is 0.906 bits per heavy atom. The van der Waals surface area contributed by atoms with Crippen LogP contribution < -0.4 is 14.4 Å². The van der Waals surface area contributed by atoms with Gasteiger partial charge in [0.05, 0.1) is 18.6 Å². The molecule has 4 rings (SSSR count). The predicted octanol–water partition coefficient (Wildman–Crippen LogP) is 4.92. The highest BCUT2D eigenvalue weighted by Crippen LogP contribution is 2.39. The minimum Gasteiger partial charge on any atom is -0.497 e. The van der Waals surface area contributed by atoms with Crippen molar-refractivity contribution in [3.05, 3.63) is 101 Å². The van der Waals surface area contributed by atoms with Crippen molar-refractivity contribution in [1.29, 1.82) is 0 Å². The lowest BCUT2D eigenvalue weighted by atomic mass is 10.2. The fourth-order valence-electron chi connectivity index (χ4n) is 3.09. The Kier molecular flexibility index (Phi) is 6.17. The second kappa shape index (κ2) is 9.52. The molecule has 0 saturated carbocycles. The molecule has 160 valence electrons. The molecule has 0 spiro atoms. The smallest absolute Gasteiger partial charge is 0.373 e. The number of pyridine rings is 1. The van der Waals surface area contributed by atoms with E-state index in [1.54, 1.807) is 54.6 Å². The Morgan fingerprint density at radius 3 is 2.28 bits per heavy atom. The Labute approximate surface area is 184 Å². The van der Waals surface area contributed by atoms with Gasteiger partial charge in [0, 0.05) is 6.20 Å². The van der Waals surface area contributed by atoms with Crippen LogP contribution in [0.4, 0.5) is 17.3 Å². The first-order valence-electron chi connectivity index (χ1n) is 9.69. The molecule has 32 heavy (non-hydrogen) atoms. The second-order valence-electron chi connectivity index (χ2n) is 6.65. The van der Waals surface area contributed by atoms with E-state index >= 15 is 0 Å². The number of hydrogen-bond acceptors (Lipinski definition) is 8. The summed E-state index contributed by atoms with van der Waals surface area (Å²) < 4.78 is 10.9. The van der Waals surface area contributed by atoms with Crippen LogP contribution in [0.5, 0.6) is 17.4 Å². The summed E-state index contributed by atoms with van der Waals surface area (Å²) in [5.74, 6) is 1.44. The number of benzene rings is 2. The van der Waals surface area contributed by atoms with Crippen molar-refractivity contribution >= 4 is 17.3 Å². The number of anilines is 2. The van der Waals surface area contributed by atoms with E-state index in [-0.39, 0.29) is 17.4 Å². The van der Waals surface area contributed by atoms with Gasteiger partial charge in [-0.25, -0.2) is 9.97 Å². The van der Waals surface area contributed by atoms with Gasteiger partial charge in [-0.1, -0.05) is 36.4 Å². The normalized spacial score (nSPS) is 10.4. The zero-order valence-corrected chi connectivity index (χ0v) is 17.2. The first-order valence-corrected chi connectivity index (χ1v) is 9.69. The van der Waals surface area contributed by atoms with Crippen LogP contribution in [0.1, 0.15) is 5.56 Å². The second-order valence-corrected chi connectivity index (χ2v) is 6.65. The fourth-order valence-corrected chi connectivity index (χ4v) is 3.09. The molecule has 0 fully saturated rings. The molecule has 0 aliphatic carbocycles. The monoisotopic (exact) mass is 429 g/mol. The molecule has 2 heterocycles. The van der Waals surface area contributed by atoms with Gasteiger partial charge in [0.1, 0.15) is 23.6 Å². The minimum atomic E-state index is -0.547. The Bertz CT molecular complexity index is 1190. The van der Waals surface area contributed by atoms with Crippen molar-refractivity contribution in [2.75, 3.05) is 12.0 Å². The van der Waals surface area contributed by atoms with Gasteiger partial charge in [0.25, 0.3) is 0 Å².